The number of H-pyrrole nitrogens is 1. The van der Waals surface area contributed by atoms with E-state index in [-0.39, 0.29) is 23.8 Å². The average molecular weight is 456 g/mol. The van der Waals surface area contributed by atoms with E-state index in [0.717, 1.165) is 16.9 Å². The summed E-state index contributed by atoms with van der Waals surface area (Å²) in [4.78, 5) is 36.0. The molecular formula is C23H19ClFN3O2S. The van der Waals surface area contributed by atoms with E-state index in [1.54, 1.807) is 41.3 Å². The van der Waals surface area contributed by atoms with Crippen LogP contribution < -0.4 is 5.56 Å². The van der Waals surface area contributed by atoms with E-state index < -0.39 is 0 Å². The number of aromatic nitrogens is 2. The van der Waals surface area contributed by atoms with Gasteiger partial charge in [-0.15, -0.1) is 11.3 Å². The molecule has 0 aliphatic rings. The average Bonchev–Trinajstić information content (AvgIpc) is 3.23. The van der Waals surface area contributed by atoms with Gasteiger partial charge in [-0.2, -0.15) is 0 Å². The van der Waals surface area contributed by atoms with Crippen molar-refractivity contribution in [3.63, 3.8) is 0 Å². The quantitative estimate of drug-likeness (QED) is 0.417. The van der Waals surface area contributed by atoms with E-state index in [1.165, 1.54) is 23.5 Å². The summed E-state index contributed by atoms with van der Waals surface area (Å²) in [5.41, 5.74) is 1.07. The third-order valence-electron chi connectivity index (χ3n) is 4.78. The molecule has 1 amide bonds. The molecule has 158 valence electrons. The van der Waals surface area contributed by atoms with Gasteiger partial charge in [-0.25, -0.2) is 9.37 Å². The van der Waals surface area contributed by atoms with Gasteiger partial charge < -0.3 is 9.88 Å². The molecule has 0 spiro atoms. The molecule has 2 aromatic carbocycles. The highest BCUT2D eigenvalue weighted by atomic mass is 35.5. The molecule has 0 aliphatic carbocycles. The van der Waals surface area contributed by atoms with E-state index in [2.05, 4.69) is 9.97 Å². The van der Waals surface area contributed by atoms with Gasteiger partial charge in [0.2, 0.25) is 0 Å². The summed E-state index contributed by atoms with van der Waals surface area (Å²) >= 11 is 7.38. The van der Waals surface area contributed by atoms with Gasteiger partial charge in [0.05, 0.1) is 22.3 Å². The largest absolute Gasteiger partial charge is 0.330 e. The molecule has 31 heavy (non-hydrogen) atoms. The van der Waals surface area contributed by atoms with Gasteiger partial charge in [0.1, 0.15) is 11.6 Å². The normalized spacial score (nSPS) is 11.1. The molecule has 0 bridgehead atoms. The lowest BCUT2D eigenvalue weighted by Gasteiger charge is -2.21. The molecule has 1 N–H and O–H groups in total. The van der Waals surface area contributed by atoms with Crippen LogP contribution in [0.2, 0.25) is 5.02 Å². The summed E-state index contributed by atoms with van der Waals surface area (Å²) in [6.07, 6.45) is 0.756. The lowest BCUT2D eigenvalue weighted by molar-refractivity contribution is 0.0744. The first-order chi connectivity index (χ1) is 14.9. The second-order valence-corrected chi connectivity index (χ2v) is 8.59. The van der Waals surface area contributed by atoms with Gasteiger partial charge >= 0.3 is 0 Å². The van der Waals surface area contributed by atoms with Crippen molar-refractivity contribution in [1.82, 2.24) is 14.9 Å². The maximum absolute atomic E-state index is 13.2. The van der Waals surface area contributed by atoms with E-state index in [1.807, 2.05) is 13.0 Å². The van der Waals surface area contributed by atoms with E-state index in [9.17, 15) is 14.0 Å². The summed E-state index contributed by atoms with van der Waals surface area (Å²) in [5, 5.41) is 0.939. The summed E-state index contributed by atoms with van der Waals surface area (Å²) in [6, 6.07) is 14.7. The minimum absolute atomic E-state index is 0.144. The van der Waals surface area contributed by atoms with Crippen LogP contribution >= 0.6 is 22.9 Å². The van der Waals surface area contributed by atoms with Crippen LogP contribution in [0, 0.1) is 5.82 Å². The number of rotatable bonds is 6. The Kier molecular flexibility index (Phi) is 6.15. The molecule has 2 aromatic heterocycles. The number of fused-ring (bicyclic) bond motifs is 1. The molecule has 4 aromatic rings. The molecule has 0 radical (unpaired) electrons. The molecule has 0 saturated heterocycles. The number of amides is 1. The van der Waals surface area contributed by atoms with Gasteiger partial charge in [0, 0.05) is 16.4 Å². The number of aromatic amines is 1. The number of halogens is 2. The number of hydrogen-bond acceptors (Lipinski definition) is 4. The predicted molar refractivity (Wildman–Crippen MR) is 122 cm³/mol. The molecule has 4 rings (SSSR count). The first-order valence-electron chi connectivity index (χ1n) is 9.78. The minimum atomic E-state index is -0.302. The van der Waals surface area contributed by atoms with Crippen molar-refractivity contribution in [2.45, 2.75) is 19.9 Å². The number of nitrogens with zero attached hydrogens (tertiary/aromatic N) is 2. The molecule has 0 saturated carbocycles. The summed E-state index contributed by atoms with van der Waals surface area (Å²) in [7, 11) is 0. The first kappa shape index (κ1) is 21.2. The third-order valence-corrected chi connectivity index (χ3v) is 6.14. The molecule has 0 aliphatic heterocycles. The highest BCUT2D eigenvalue weighted by Crippen LogP contribution is 2.29. The summed E-state index contributed by atoms with van der Waals surface area (Å²) in [6.45, 7) is 2.67. The zero-order valence-corrected chi connectivity index (χ0v) is 18.3. The fourth-order valence-corrected chi connectivity index (χ4v) is 4.46. The standard InChI is InChI=1S/C23H19ClFN3O2S/c1-2-11-28(13-21-26-18-12-15(24)5-8-17(18)22(29)27-21)23(30)20-10-9-19(31-20)14-3-6-16(25)7-4-14/h3-10,12H,2,11,13H2,1H3,(H,26,27,29). The number of hydrogen-bond donors (Lipinski definition) is 1. The van der Waals surface area contributed by atoms with E-state index in [4.69, 9.17) is 11.6 Å². The Morgan fingerprint density at radius 3 is 2.68 bits per heavy atom. The second-order valence-electron chi connectivity index (χ2n) is 7.07. The van der Waals surface area contributed by atoms with Gasteiger partial charge in [-0.3, -0.25) is 9.59 Å². The molecule has 8 heteroatoms. The molecule has 2 heterocycles. The smallest absolute Gasteiger partial charge is 0.264 e. The van der Waals surface area contributed by atoms with Gasteiger partial charge in [-0.1, -0.05) is 30.7 Å². The topological polar surface area (TPSA) is 66.1 Å². The Morgan fingerprint density at radius 2 is 1.94 bits per heavy atom. The van der Waals surface area contributed by atoms with Crippen molar-refractivity contribution in [2.75, 3.05) is 6.54 Å². The lowest BCUT2D eigenvalue weighted by atomic mass is 10.2. The molecule has 0 fully saturated rings. The zero-order chi connectivity index (χ0) is 22.0. The van der Waals surface area contributed by atoms with Crippen LogP contribution in [0.3, 0.4) is 0 Å². The second kappa shape index (κ2) is 8.99. The number of benzene rings is 2. The van der Waals surface area contributed by atoms with Crippen LogP contribution in [0.5, 0.6) is 0 Å². The first-order valence-corrected chi connectivity index (χ1v) is 11.0. The monoisotopic (exact) mass is 455 g/mol. The van der Waals surface area contributed by atoms with Crippen molar-refractivity contribution >= 4 is 39.7 Å². The lowest BCUT2D eigenvalue weighted by Crippen LogP contribution is -2.32. The minimum Gasteiger partial charge on any atom is -0.330 e. The Labute approximate surface area is 187 Å². The van der Waals surface area contributed by atoms with Crippen LogP contribution in [-0.4, -0.2) is 27.3 Å². The number of carbonyl (C=O) groups excluding carboxylic acids is 1. The van der Waals surface area contributed by atoms with Crippen molar-refractivity contribution in [3.05, 3.63) is 86.5 Å². The fraction of sp³-hybridized carbons (Fsp3) is 0.174. The molecular weight excluding hydrogens is 437 g/mol. The number of nitrogens with one attached hydrogen (secondary N) is 1. The van der Waals surface area contributed by atoms with E-state index >= 15 is 0 Å². The Balaban J connectivity index is 1.60. The number of carbonyl (C=O) groups is 1. The van der Waals surface area contributed by atoms with Crippen molar-refractivity contribution in [2.24, 2.45) is 0 Å². The molecule has 5 nitrogen and oxygen atoms in total. The maximum Gasteiger partial charge on any atom is 0.264 e. The summed E-state index contributed by atoms with van der Waals surface area (Å²) in [5.74, 6) is -0.0465. The fourth-order valence-electron chi connectivity index (χ4n) is 3.32. The Hall–Kier alpha value is -3.03. The molecule has 0 unspecified atom stereocenters. The van der Waals surface area contributed by atoms with Crippen molar-refractivity contribution < 1.29 is 9.18 Å². The van der Waals surface area contributed by atoms with Gasteiger partial charge in [0.25, 0.3) is 11.5 Å². The zero-order valence-electron chi connectivity index (χ0n) is 16.7. The van der Waals surface area contributed by atoms with Crippen LogP contribution in [0.4, 0.5) is 4.39 Å². The Bertz CT molecular complexity index is 1300. The van der Waals surface area contributed by atoms with Crippen molar-refractivity contribution in [3.8, 4) is 10.4 Å². The van der Waals surface area contributed by atoms with Gasteiger partial charge in [0.15, 0.2) is 0 Å². The highest BCUT2D eigenvalue weighted by molar-refractivity contribution is 7.17. The SMILES string of the molecule is CCCN(Cc1nc2cc(Cl)ccc2c(=O)[nH]1)C(=O)c1ccc(-c2ccc(F)cc2)s1. The van der Waals surface area contributed by atoms with Crippen LogP contribution in [-0.2, 0) is 6.54 Å². The third kappa shape index (κ3) is 4.68. The van der Waals surface area contributed by atoms with Crippen molar-refractivity contribution in [1.29, 1.82) is 0 Å². The maximum atomic E-state index is 13.2. The van der Waals surface area contributed by atoms with Crippen LogP contribution in [0.1, 0.15) is 28.8 Å². The Morgan fingerprint density at radius 1 is 1.16 bits per heavy atom. The van der Waals surface area contributed by atoms with Gasteiger partial charge in [-0.05, 0) is 54.4 Å². The highest BCUT2D eigenvalue weighted by Gasteiger charge is 2.19. The predicted octanol–water partition coefficient (Wildman–Crippen LogP) is 5.50. The van der Waals surface area contributed by atoms with Crippen LogP contribution in [0.15, 0.2) is 59.4 Å². The number of thiophene rings is 1. The summed E-state index contributed by atoms with van der Waals surface area (Å²) < 4.78 is 13.2. The molecule has 0 atom stereocenters. The van der Waals surface area contributed by atoms with E-state index in [0.29, 0.717) is 33.2 Å². The van der Waals surface area contributed by atoms with Crippen LogP contribution in [0.25, 0.3) is 21.3 Å².